The van der Waals surface area contributed by atoms with Gasteiger partial charge >= 0.3 is 0 Å². The van der Waals surface area contributed by atoms with Crippen molar-refractivity contribution in [1.29, 1.82) is 0 Å². The fourth-order valence-electron chi connectivity index (χ4n) is 2.19. The molecule has 2 heterocycles. The summed E-state index contributed by atoms with van der Waals surface area (Å²) in [6, 6.07) is 4.11. The summed E-state index contributed by atoms with van der Waals surface area (Å²) >= 11 is 0. The molecule has 102 valence electrons. The molecular weight excluding hydrogens is 240 g/mol. The van der Waals surface area contributed by atoms with Gasteiger partial charge in [0.15, 0.2) is 5.75 Å². The van der Waals surface area contributed by atoms with Gasteiger partial charge < -0.3 is 10.1 Å². The molecule has 19 heavy (non-hydrogen) atoms. The van der Waals surface area contributed by atoms with Crippen molar-refractivity contribution < 1.29 is 4.74 Å². The topological polar surface area (TPSA) is 52.0 Å². The van der Waals surface area contributed by atoms with Gasteiger partial charge in [-0.25, -0.2) is 0 Å². The summed E-state index contributed by atoms with van der Waals surface area (Å²) in [7, 11) is 3.59. The lowest BCUT2D eigenvalue weighted by atomic mass is 10.0. The molecule has 0 saturated heterocycles. The Morgan fingerprint density at radius 1 is 1.37 bits per heavy atom. The van der Waals surface area contributed by atoms with E-state index in [4.69, 9.17) is 4.74 Å². The summed E-state index contributed by atoms with van der Waals surface area (Å²) in [5.41, 5.74) is 3.13. The van der Waals surface area contributed by atoms with E-state index in [-0.39, 0.29) is 6.04 Å². The SMILES string of the molecule is CCn1ncc(OC)c1C(NC)c1ccc(C)nc1. The first-order valence-electron chi connectivity index (χ1n) is 6.40. The molecule has 0 saturated carbocycles. The quantitative estimate of drug-likeness (QED) is 0.892. The van der Waals surface area contributed by atoms with E-state index in [1.165, 1.54) is 0 Å². The number of nitrogens with one attached hydrogen (secondary N) is 1. The van der Waals surface area contributed by atoms with Gasteiger partial charge in [-0.2, -0.15) is 5.10 Å². The van der Waals surface area contributed by atoms with Crippen LogP contribution < -0.4 is 10.1 Å². The van der Waals surface area contributed by atoms with Crippen molar-refractivity contribution in [3.8, 4) is 5.75 Å². The first-order chi connectivity index (χ1) is 9.21. The maximum Gasteiger partial charge on any atom is 0.161 e. The monoisotopic (exact) mass is 260 g/mol. The fraction of sp³-hybridized carbons (Fsp3) is 0.429. The van der Waals surface area contributed by atoms with Crippen LogP contribution in [-0.2, 0) is 6.54 Å². The second-order valence-corrected chi connectivity index (χ2v) is 4.37. The maximum atomic E-state index is 5.41. The third-order valence-corrected chi connectivity index (χ3v) is 3.19. The molecule has 5 nitrogen and oxygen atoms in total. The second-order valence-electron chi connectivity index (χ2n) is 4.37. The van der Waals surface area contributed by atoms with Gasteiger partial charge in [0, 0.05) is 18.4 Å². The zero-order valence-corrected chi connectivity index (χ0v) is 11.8. The Bertz CT molecular complexity index is 511. The van der Waals surface area contributed by atoms with Crippen molar-refractivity contribution in [2.75, 3.05) is 14.2 Å². The van der Waals surface area contributed by atoms with Crippen LogP contribution in [0, 0.1) is 6.92 Å². The van der Waals surface area contributed by atoms with Crippen molar-refractivity contribution in [2.24, 2.45) is 0 Å². The molecule has 0 aliphatic heterocycles. The molecule has 1 unspecified atom stereocenters. The van der Waals surface area contributed by atoms with E-state index in [0.717, 1.165) is 29.2 Å². The Balaban J connectivity index is 2.46. The molecule has 0 bridgehead atoms. The van der Waals surface area contributed by atoms with Crippen molar-refractivity contribution in [3.05, 3.63) is 41.5 Å². The zero-order valence-electron chi connectivity index (χ0n) is 11.8. The predicted octanol–water partition coefficient (Wildman–Crippen LogP) is 1.92. The van der Waals surface area contributed by atoms with E-state index < -0.39 is 0 Å². The normalized spacial score (nSPS) is 12.4. The predicted molar refractivity (Wildman–Crippen MR) is 74.3 cm³/mol. The Kier molecular flexibility index (Phi) is 4.16. The average molecular weight is 260 g/mol. The standard InChI is InChI=1S/C14H20N4O/c1-5-18-14(12(19-4)9-17-18)13(15-3)11-7-6-10(2)16-8-11/h6-9,13,15H,5H2,1-4H3. The highest BCUT2D eigenvalue weighted by Gasteiger charge is 2.21. The van der Waals surface area contributed by atoms with E-state index >= 15 is 0 Å². The van der Waals surface area contributed by atoms with Gasteiger partial charge in [0.2, 0.25) is 0 Å². The second kappa shape index (κ2) is 5.84. The average Bonchev–Trinajstić information content (AvgIpc) is 2.85. The number of nitrogens with zero attached hydrogens (tertiary/aromatic N) is 3. The van der Waals surface area contributed by atoms with Crippen LogP contribution in [0.3, 0.4) is 0 Å². The number of hydrogen-bond acceptors (Lipinski definition) is 4. The van der Waals surface area contributed by atoms with Crippen LogP contribution in [0.4, 0.5) is 0 Å². The Labute approximate surface area is 113 Å². The third kappa shape index (κ3) is 2.61. The minimum atomic E-state index is 0.0190. The highest BCUT2D eigenvalue weighted by molar-refractivity contribution is 5.35. The number of methoxy groups -OCH3 is 1. The van der Waals surface area contributed by atoms with Crippen molar-refractivity contribution >= 4 is 0 Å². The lowest BCUT2D eigenvalue weighted by Crippen LogP contribution is -2.22. The van der Waals surface area contributed by atoms with E-state index in [0.29, 0.717) is 0 Å². The number of hydrogen-bond donors (Lipinski definition) is 1. The Hall–Kier alpha value is -1.88. The smallest absolute Gasteiger partial charge is 0.161 e. The molecule has 0 spiro atoms. The summed E-state index contributed by atoms with van der Waals surface area (Å²) < 4.78 is 7.36. The summed E-state index contributed by atoms with van der Waals surface area (Å²) in [6.45, 7) is 4.85. The molecule has 5 heteroatoms. The number of aryl methyl sites for hydroxylation is 2. The van der Waals surface area contributed by atoms with Gasteiger partial charge in [0.05, 0.1) is 19.3 Å². The summed E-state index contributed by atoms with van der Waals surface area (Å²) in [5, 5.41) is 7.66. The van der Waals surface area contributed by atoms with Crippen LogP contribution in [0.1, 0.15) is 29.9 Å². The number of pyridine rings is 1. The first kappa shape index (κ1) is 13.5. The molecule has 0 aromatic carbocycles. The lowest BCUT2D eigenvalue weighted by Gasteiger charge is -2.19. The van der Waals surface area contributed by atoms with Crippen LogP contribution >= 0.6 is 0 Å². The number of ether oxygens (including phenoxy) is 1. The molecule has 0 radical (unpaired) electrons. The van der Waals surface area contributed by atoms with Crippen LogP contribution in [0.5, 0.6) is 5.75 Å². The molecule has 1 N–H and O–H groups in total. The highest BCUT2D eigenvalue weighted by atomic mass is 16.5. The molecule has 2 rings (SSSR count). The summed E-state index contributed by atoms with van der Waals surface area (Å²) in [5.74, 6) is 0.793. The molecule has 0 aliphatic rings. The van der Waals surface area contributed by atoms with Crippen LogP contribution in [0.2, 0.25) is 0 Å². The molecule has 0 amide bonds. The fourth-order valence-corrected chi connectivity index (χ4v) is 2.19. The molecular formula is C14H20N4O. The molecule has 2 aromatic heterocycles. The lowest BCUT2D eigenvalue weighted by molar-refractivity contribution is 0.401. The van der Waals surface area contributed by atoms with Gasteiger partial charge in [0.25, 0.3) is 0 Å². The van der Waals surface area contributed by atoms with Gasteiger partial charge in [0.1, 0.15) is 5.69 Å². The summed E-state index contributed by atoms with van der Waals surface area (Å²) in [6.07, 6.45) is 3.65. The first-order valence-corrected chi connectivity index (χ1v) is 6.40. The molecule has 0 fully saturated rings. The maximum absolute atomic E-state index is 5.41. The van der Waals surface area contributed by atoms with Crippen LogP contribution in [0.25, 0.3) is 0 Å². The highest BCUT2D eigenvalue weighted by Crippen LogP contribution is 2.29. The summed E-state index contributed by atoms with van der Waals surface area (Å²) in [4.78, 5) is 4.36. The molecule has 1 atom stereocenters. The van der Waals surface area contributed by atoms with Gasteiger partial charge in [-0.3, -0.25) is 9.67 Å². The third-order valence-electron chi connectivity index (χ3n) is 3.19. The Morgan fingerprint density at radius 3 is 2.68 bits per heavy atom. The number of aromatic nitrogens is 3. The van der Waals surface area contributed by atoms with E-state index in [2.05, 4.69) is 28.4 Å². The van der Waals surface area contributed by atoms with E-state index in [9.17, 15) is 0 Å². The van der Waals surface area contributed by atoms with Gasteiger partial charge in [-0.1, -0.05) is 6.07 Å². The van der Waals surface area contributed by atoms with Crippen molar-refractivity contribution in [3.63, 3.8) is 0 Å². The molecule has 0 aliphatic carbocycles. The van der Waals surface area contributed by atoms with E-state index in [1.54, 1.807) is 13.3 Å². The minimum Gasteiger partial charge on any atom is -0.493 e. The van der Waals surface area contributed by atoms with Crippen molar-refractivity contribution in [1.82, 2.24) is 20.1 Å². The van der Waals surface area contributed by atoms with Crippen LogP contribution in [0.15, 0.2) is 24.5 Å². The van der Waals surface area contributed by atoms with E-state index in [1.807, 2.05) is 30.9 Å². The zero-order chi connectivity index (χ0) is 13.8. The van der Waals surface area contributed by atoms with Crippen molar-refractivity contribution in [2.45, 2.75) is 26.4 Å². The number of rotatable bonds is 5. The minimum absolute atomic E-state index is 0.0190. The largest absolute Gasteiger partial charge is 0.493 e. The Morgan fingerprint density at radius 2 is 2.16 bits per heavy atom. The van der Waals surface area contributed by atoms with Gasteiger partial charge in [-0.05, 0) is 32.5 Å². The molecule has 2 aromatic rings. The van der Waals surface area contributed by atoms with Gasteiger partial charge in [-0.15, -0.1) is 0 Å². The van der Waals surface area contributed by atoms with Crippen LogP contribution in [-0.4, -0.2) is 28.9 Å².